The fourth-order valence-corrected chi connectivity index (χ4v) is 1.60. The number of benzene rings is 1. The molecule has 19 heavy (non-hydrogen) atoms. The smallest absolute Gasteiger partial charge is 0.335 e. The van der Waals surface area contributed by atoms with E-state index in [1.807, 2.05) is 0 Å². The molecule has 0 aliphatic rings. The molecule has 1 rings (SSSR count). The van der Waals surface area contributed by atoms with E-state index < -0.39 is 5.97 Å². The van der Waals surface area contributed by atoms with Gasteiger partial charge >= 0.3 is 5.97 Å². The predicted molar refractivity (Wildman–Crippen MR) is 77.3 cm³/mol. The van der Waals surface area contributed by atoms with E-state index in [4.69, 9.17) is 22.1 Å². The Morgan fingerprint density at radius 3 is 2.58 bits per heavy atom. The lowest BCUT2D eigenvalue weighted by Gasteiger charge is -2.10. The molecule has 5 nitrogen and oxygen atoms in total. The molecule has 0 spiro atoms. The van der Waals surface area contributed by atoms with Crippen molar-refractivity contribution in [1.29, 1.82) is 0 Å². The third-order valence-electron chi connectivity index (χ3n) is 2.46. The molecule has 0 saturated carbocycles. The first-order valence-corrected chi connectivity index (χ1v) is 6.37. The number of thiocarbonyl (C=S) groups is 1. The molecular weight excluding hydrogens is 264 g/mol. The van der Waals surface area contributed by atoms with Crippen LogP contribution in [0.2, 0.25) is 0 Å². The normalized spacial score (nSPS) is 9.95. The van der Waals surface area contributed by atoms with Gasteiger partial charge in [-0.1, -0.05) is 12.1 Å². The zero-order chi connectivity index (χ0) is 14.1. The minimum atomic E-state index is -0.921. The average Bonchev–Trinajstić information content (AvgIpc) is 2.42. The average molecular weight is 282 g/mol. The summed E-state index contributed by atoms with van der Waals surface area (Å²) in [6.45, 7) is 2.03. The van der Waals surface area contributed by atoms with Crippen molar-refractivity contribution in [3.63, 3.8) is 0 Å². The Morgan fingerprint density at radius 1 is 1.32 bits per heavy atom. The van der Waals surface area contributed by atoms with Crippen LogP contribution in [0.15, 0.2) is 24.3 Å². The Bertz CT molecular complexity index is 420. The van der Waals surface area contributed by atoms with Crippen molar-refractivity contribution in [1.82, 2.24) is 10.6 Å². The van der Waals surface area contributed by atoms with Crippen molar-refractivity contribution in [2.45, 2.75) is 13.0 Å². The quantitative estimate of drug-likeness (QED) is 0.518. The molecule has 0 bridgehead atoms. The van der Waals surface area contributed by atoms with Gasteiger partial charge in [0.2, 0.25) is 0 Å². The highest BCUT2D eigenvalue weighted by atomic mass is 32.1. The minimum Gasteiger partial charge on any atom is -0.478 e. The van der Waals surface area contributed by atoms with Crippen LogP contribution in [-0.4, -0.2) is 36.4 Å². The first kappa shape index (κ1) is 15.4. The highest BCUT2D eigenvalue weighted by Crippen LogP contribution is 2.04. The summed E-state index contributed by atoms with van der Waals surface area (Å²) < 4.78 is 4.93. The lowest BCUT2D eigenvalue weighted by Crippen LogP contribution is -2.35. The molecule has 0 saturated heterocycles. The summed E-state index contributed by atoms with van der Waals surface area (Å²) in [7, 11) is 1.66. The number of carboxylic acid groups (broad SMARTS) is 1. The second-order valence-electron chi connectivity index (χ2n) is 3.96. The SMILES string of the molecule is COCCCNC(=S)NCc1ccc(C(=O)O)cc1. The highest BCUT2D eigenvalue weighted by molar-refractivity contribution is 7.80. The summed E-state index contributed by atoms with van der Waals surface area (Å²) in [5.74, 6) is -0.921. The molecule has 0 aliphatic carbocycles. The maximum atomic E-state index is 10.7. The molecule has 3 N–H and O–H groups in total. The first-order valence-electron chi connectivity index (χ1n) is 5.96. The monoisotopic (exact) mass is 282 g/mol. The highest BCUT2D eigenvalue weighted by Gasteiger charge is 2.02. The molecule has 6 heteroatoms. The maximum Gasteiger partial charge on any atom is 0.335 e. The third kappa shape index (κ3) is 6.17. The van der Waals surface area contributed by atoms with E-state index in [2.05, 4.69) is 10.6 Å². The predicted octanol–water partition coefficient (Wildman–Crippen LogP) is 1.39. The number of ether oxygens (including phenoxy) is 1. The van der Waals surface area contributed by atoms with Crippen molar-refractivity contribution in [3.05, 3.63) is 35.4 Å². The van der Waals surface area contributed by atoms with Crippen molar-refractivity contribution < 1.29 is 14.6 Å². The number of carboxylic acids is 1. The lowest BCUT2D eigenvalue weighted by atomic mass is 10.1. The molecule has 0 fully saturated rings. The lowest BCUT2D eigenvalue weighted by molar-refractivity contribution is 0.0697. The Hall–Kier alpha value is -1.66. The van der Waals surface area contributed by atoms with Crippen LogP contribution >= 0.6 is 12.2 Å². The molecule has 0 aromatic heterocycles. The van der Waals surface area contributed by atoms with Gasteiger partial charge in [-0.15, -0.1) is 0 Å². The van der Waals surface area contributed by atoms with Crippen LogP contribution in [0.5, 0.6) is 0 Å². The van der Waals surface area contributed by atoms with Crippen molar-refractivity contribution >= 4 is 23.3 Å². The Kier molecular flexibility index (Phi) is 6.84. The van der Waals surface area contributed by atoms with Crippen molar-refractivity contribution in [2.75, 3.05) is 20.3 Å². The van der Waals surface area contributed by atoms with E-state index in [9.17, 15) is 4.79 Å². The second-order valence-corrected chi connectivity index (χ2v) is 4.37. The molecule has 1 aromatic carbocycles. The molecule has 0 heterocycles. The van der Waals surface area contributed by atoms with Crippen molar-refractivity contribution in [3.8, 4) is 0 Å². The summed E-state index contributed by atoms with van der Waals surface area (Å²) in [6.07, 6.45) is 0.894. The summed E-state index contributed by atoms with van der Waals surface area (Å²) in [6, 6.07) is 6.69. The zero-order valence-corrected chi connectivity index (χ0v) is 11.6. The van der Waals surface area contributed by atoms with Gasteiger partial charge in [0.05, 0.1) is 5.56 Å². The molecule has 0 radical (unpaired) electrons. The minimum absolute atomic E-state index is 0.281. The van der Waals surface area contributed by atoms with Crippen LogP contribution < -0.4 is 10.6 Å². The molecular formula is C13H18N2O3S. The van der Waals surface area contributed by atoms with Crippen LogP contribution in [0.25, 0.3) is 0 Å². The molecule has 0 atom stereocenters. The van der Waals surface area contributed by atoms with Gasteiger partial charge in [0.15, 0.2) is 5.11 Å². The van der Waals surface area contributed by atoms with Gasteiger partial charge < -0.3 is 20.5 Å². The van der Waals surface area contributed by atoms with E-state index in [0.29, 0.717) is 18.3 Å². The van der Waals surface area contributed by atoms with Gasteiger partial charge in [0.25, 0.3) is 0 Å². The van der Waals surface area contributed by atoms with E-state index in [1.54, 1.807) is 31.4 Å². The van der Waals surface area contributed by atoms with Crippen LogP contribution in [0, 0.1) is 0 Å². The van der Waals surface area contributed by atoms with E-state index in [0.717, 1.165) is 18.5 Å². The molecule has 1 aromatic rings. The van der Waals surface area contributed by atoms with Gasteiger partial charge in [-0.2, -0.15) is 0 Å². The number of rotatable bonds is 7. The van der Waals surface area contributed by atoms with Gasteiger partial charge in [-0.25, -0.2) is 4.79 Å². The molecule has 0 aliphatic heterocycles. The summed E-state index contributed by atoms with van der Waals surface area (Å²) in [5, 5.41) is 15.5. The number of hydrogen-bond donors (Lipinski definition) is 3. The largest absolute Gasteiger partial charge is 0.478 e. The third-order valence-corrected chi connectivity index (χ3v) is 2.75. The van der Waals surface area contributed by atoms with E-state index in [-0.39, 0.29) is 5.56 Å². The summed E-state index contributed by atoms with van der Waals surface area (Å²) >= 11 is 5.11. The molecule has 0 amide bonds. The first-order chi connectivity index (χ1) is 9.13. The van der Waals surface area contributed by atoms with Crippen LogP contribution in [0.3, 0.4) is 0 Å². The van der Waals surface area contributed by atoms with E-state index in [1.165, 1.54) is 0 Å². The molecule has 0 unspecified atom stereocenters. The molecule has 104 valence electrons. The van der Waals surface area contributed by atoms with Gasteiger partial charge in [-0.3, -0.25) is 0 Å². The maximum absolute atomic E-state index is 10.7. The zero-order valence-electron chi connectivity index (χ0n) is 10.8. The number of aromatic carboxylic acids is 1. The van der Waals surface area contributed by atoms with Gasteiger partial charge in [-0.05, 0) is 36.3 Å². The fourth-order valence-electron chi connectivity index (χ4n) is 1.43. The van der Waals surface area contributed by atoms with Crippen molar-refractivity contribution in [2.24, 2.45) is 0 Å². The number of carbonyl (C=O) groups is 1. The number of hydrogen-bond acceptors (Lipinski definition) is 3. The van der Waals surface area contributed by atoms with E-state index >= 15 is 0 Å². The number of nitrogens with one attached hydrogen (secondary N) is 2. The topological polar surface area (TPSA) is 70.6 Å². The number of methoxy groups -OCH3 is 1. The van der Waals surface area contributed by atoms with Crippen LogP contribution in [0.1, 0.15) is 22.3 Å². The van der Waals surface area contributed by atoms with Gasteiger partial charge in [0, 0.05) is 26.8 Å². The summed E-state index contributed by atoms with van der Waals surface area (Å²) in [4.78, 5) is 10.7. The van der Waals surface area contributed by atoms with Gasteiger partial charge in [0.1, 0.15) is 0 Å². The Morgan fingerprint density at radius 2 is 2.00 bits per heavy atom. The Balaban J connectivity index is 2.28. The summed E-state index contributed by atoms with van der Waals surface area (Å²) in [5.41, 5.74) is 1.26. The fraction of sp³-hybridized carbons (Fsp3) is 0.385. The van der Waals surface area contributed by atoms with Crippen LogP contribution in [0.4, 0.5) is 0 Å². The Labute approximate surface area is 118 Å². The second kappa shape index (κ2) is 8.44. The van der Waals surface area contributed by atoms with Crippen LogP contribution in [-0.2, 0) is 11.3 Å². The standard InChI is InChI=1S/C13H18N2O3S/c1-18-8-2-7-14-13(19)15-9-10-3-5-11(6-4-10)12(16)17/h3-6H,2,7-9H2,1H3,(H,16,17)(H2,14,15,19).